The van der Waals surface area contributed by atoms with Gasteiger partial charge in [-0.25, -0.2) is 0 Å². The van der Waals surface area contributed by atoms with E-state index in [1.54, 1.807) is 5.57 Å². The summed E-state index contributed by atoms with van der Waals surface area (Å²) in [7, 11) is 0. The molecule has 0 heterocycles. The minimum absolute atomic E-state index is 0.0263. The number of hydrogen-bond donors (Lipinski definition) is 0. The molecule has 2 heteroatoms. The molecule has 0 amide bonds. The van der Waals surface area contributed by atoms with Crippen molar-refractivity contribution in [2.75, 3.05) is 0 Å². The van der Waals surface area contributed by atoms with E-state index in [9.17, 15) is 4.79 Å². The van der Waals surface area contributed by atoms with Gasteiger partial charge in [-0.05, 0) is 86.0 Å². The molecule has 0 aromatic heterocycles. The molecule has 0 aromatic carbocycles. The minimum atomic E-state index is -0.0460. The van der Waals surface area contributed by atoms with E-state index >= 15 is 0 Å². The number of ether oxygens (including phenoxy) is 1. The second-order valence-electron chi connectivity index (χ2n) is 12.0. The molecule has 0 aliphatic heterocycles. The Kier molecular flexibility index (Phi) is 9.48. The molecule has 3 aliphatic carbocycles. The van der Waals surface area contributed by atoms with Gasteiger partial charge in [-0.3, -0.25) is 4.79 Å². The van der Waals surface area contributed by atoms with Crippen LogP contribution in [0.4, 0.5) is 0 Å². The van der Waals surface area contributed by atoms with Crippen LogP contribution in [0.25, 0.3) is 0 Å². The summed E-state index contributed by atoms with van der Waals surface area (Å²) >= 11 is 0. The molecule has 3 aliphatic rings. The molecule has 1 unspecified atom stereocenters. The molecule has 0 spiro atoms. The highest BCUT2D eigenvalue weighted by Crippen LogP contribution is 2.60. The van der Waals surface area contributed by atoms with Crippen LogP contribution in [0, 0.1) is 29.1 Å². The third-order valence-corrected chi connectivity index (χ3v) is 9.09. The molecule has 0 saturated heterocycles. The van der Waals surface area contributed by atoms with E-state index in [1.165, 1.54) is 62.5 Å². The number of rotatable bonds is 9. The lowest BCUT2D eigenvalue weighted by Gasteiger charge is -2.44. The van der Waals surface area contributed by atoms with E-state index in [0.717, 1.165) is 49.4 Å². The average Bonchev–Trinajstić information content (AvgIpc) is 3.11. The Labute approximate surface area is 204 Å². The van der Waals surface area contributed by atoms with Crippen molar-refractivity contribution in [2.45, 2.75) is 124 Å². The first-order valence-electron chi connectivity index (χ1n) is 14.0. The summed E-state index contributed by atoms with van der Waals surface area (Å²) in [6, 6.07) is 0. The summed E-state index contributed by atoms with van der Waals surface area (Å²) in [6.45, 7) is 16.2. The molecule has 186 valence electrons. The first kappa shape index (κ1) is 26.3. The second kappa shape index (κ2) is 11.9. The van der Waals surface area contributed by atoms with Crippen LogP contribution in [0.5, 0.6) is 0 Å². The highest BCUT2D eigenvalue weighted by Gasteiger charge is 2.50. The van der Waals surface area contributed by atoms with E-state index in [1.807, 2.05) is 6.92 Å². The van der Waals surface area contributed by atoms with E-state index in [4.69, 9.17) is 4.74 Å². The van der Waals surface area contributed by atoms with Crippen molar-refractivity contribution in [3.63, 3.8) is 0 Å². The number of esters is 1. The number of carbonyl (C=O) groups is 1. The first-order chi connectivity index (χ1) is 15.7. The fourth-order valence-electron chi connectivity index (χ4n) is 7.19. The molecule has 2 nitrogen and oxygen atoms in total. The van der Waals surface area contributed by atoms with Gasteiger partial charge in [0.1, 0.15) is 6.10 Å². The van der Waals surface area contributed by atoms with Gasteiger partial charge < -0.3 is 4.74 Å². The van der Waals surface area contributed by atoms with Gasteiger partial charge in [-0.1, -0.05) is 83.8 Å². The van der Waals surface area contributed by atoms with Crippen molar-refractivity contribution in [1.82, 2.24) is 0 Å². The maximum absolute atomic E-state index is 12.0. The number of carbonyl (C=O) groups excluding carboxylic acids is 1. The Bertz CT molecular complexity index is 742. The van der Waals surface area contributed by atoms with E-state index in [-0.39, 0.29) is 12.1 Å². The largest absolute Gasteiger partial charge is 0.462 e. The van der Waals surface area contributed by atoms with E-state index in [0.29, 0.717) is 11.8 Å². The van der Waals surface area contributed by atoms with Gasteiger partial charge in [0.2, 0.25) is 0 Å². The first-order valence-corrected chi connectivity index (χ1v) is 14.0. The monoisotopic (exact) mass is 454 g/mol. The summed E-state index contributed by atoms with van der Waals surface area (Å²) in [4.78, 5) is 12.0. The lowest BCUT2D eigenvalue weighted by molar-refractivity contribution is -0.149. The average molecular weight is 455 g/mol. The van der Waals surface area contributed by atoms with Crippen molar-refractivity contribution in [3.05, 3.63) is 35.5 Å². The van der Waals surface area contributed by atoms with Crippen molar-refractivity contribution in [3.8, 4) is 0 Å². The maximum atomic E-state index is 12.0. The van der Waals surface area contributed by atoms with Crippen LogP contribution >= 0.6 is 0 Å². The van der Waals surface area contributed by atoms with Gasteiger partial charge in [0.15, 0.2) is 0 Å². The van der Waals surface area contributed by atoms with Gasteiger partial charge >= 0.3 is 5.97 Å². The van der Waals surface area contributed by atoms with Crippen LogP contribution in [0.15, 0.2) is 35.5 Å². The molecule has 3 rings (SSSR count). The molecule has 0 radical (unpaired) electrons. The third kappa shape index (κ3) is 6.64. The van der Waals surface area contributed by atoms with Crippen LogP contribution < -0.4 is 0 Å². The normalized spacial score (nSPS) is 33.5. The number of allylic oxidation sites excluding steroid dienone is 4. The molecule has 5 atom stereocenters. The van der Waals surface area contributed by atoms with Crippen molar-refractivity contribution >= 4 is 5.97 Å². The topological polar surface area (TPSA) is 26.3 Å². The van der Waals surface area contributed by atoms with Gasteiger partial charge in [0.25, 0.3) is 0 Å². The molecular formula is C31H50O2. The van der Waals surface area contributed by atoms with Crippen LogP contribution in [0.3, 0.4) is 0 Å². The Morgan fingerprint density at radius 1 is 1.15 bits per heavy atom. The minimum Gasteiger partial charge on any atom is -0.462 e. The van der Waals surface area contributed by atoms with E-state index in [2.05, 4.69) is 46.4 Å². The number of hydrogen-bond acceptors (Lipinski definition) is 2. The molecule has 33 heavy (non-hydrogen) atoms. The van der Waals surface area contributed by atoms with Crippen molar-refractivity contribution in [1.29, 1.82) is 0 Å². The fraction of sp³-hybridized carbons (Fsp3) is 0.774. The summed E-state index contributed by atoms with van der Waals surface area (Å²) in [6.07, 6.45) is 19.8. The zero-order valence-corrected chi connectivity index (χ0v) is 22.3. The zero-order valence-electron chi connectivity index (χ0n) is 22.3. The van der Waals surface area contributed by atoms with E-state index < -0.39 is 0 Å². The smallest absolute Gasteiger partial charge is 0.306 e. The lowest BCUT2D eigenvalue weighted by Crippen LogP contribution is -2.36. The Morgan fingerprint density at radius 2 is 1.94 bits per heavy atom. The zero-order chi connectivity index (χ0) is 24.0. The fourth-order valence-corrected chi connectivity index (χ4v) is 7.19. The molecule has 0 bridgehead atoms. The third-order valence-electron chi connectivity index (χ3n) is 9.09. The standard InChI is InChI=1S/C31H50O2/c1-7-10-30(32)33-27-17-14-23(4)26(21-27)16-15-25-13-9-20-31(6)28(18-19-29(25)31)24(5)12-8-11-22(2)3/h15-16,22,24,27-29H,4,7-14,17-21H2,1-3,5-6H3/b25-15+,26-16-/t24-,27-,28?,29+,31-/m1/s1. The van der Waals surface area contributed by atoms with Crippen LogP contribution in [-0.4, -0.2) is 12.1 Å². The van der Waals surface area contributed by atoms with Gasteiger partial charge in [0, 0.05) is 12.8 Å². The quantitative estimate of drug-likeness (QED) is 0.325. The summed E-state index contributed by atoms with van der Waals surface area (Å²) < 4.78 is 5.73. The molecular weight excluding hydrogens is 404 g/mol. The molecule has 3 fully saturated rings. The Balaban J connectivity index is 1.67. The molecule has 0 N–H and O–H groups in total. The Morgan fingerprint density at radius 3 is 2.67 bits per heavy atom. The van der Waals surface area contributed by atoms with Gasteiger partial charge in [-0.2, -0.15) is 0 Å². The predicted molar refractivity (Wildman–Crippen MR) is 140 cm³/mol. The maximum Gasteiger partial charge on any atom is 0.306 e. The van der Waals surface area contributed by atoms with Crippen LogP contribution in [0.2, 0.25) is 0 Å². The predicted octanol–water partition coefficient (Wildman–Crippen LogP) is 8.97. The lowest BCUT2D eigenvalue weighted by atomic mass is 9.60. The highest BCUT2D eigenvalue weighted by molar-refractivity contribution is 5.69. The Hall–Kier alpha value is -1.31. The summed E-state index contributed by atoms with van der Waals surface area (Å²) in [5, 5.41) is 0. The van der Waals surface area contributed by atoms with Crippen molar-refractivity contribution < 1.29 is 9.53 Å². The summed E-state index contributed by atoms with van der Waals surface area (Å²) in [5.74, 6) is 3.24. The SMILES string of the molecule is C=C1CC[C@@H](OC(=O)CCC)C/C1=C/C=C1\CCC[C@]2(C)C([C@H](C)CCCC(C)C)CC[C@@H]12. The van der Waals surface area contributed by atoms with Gasteiger partial charge in [0.05, 0.1) is 0 Å². The van der Waals surface area contributed by atoms with Crippen LogP contribution in [-0.2, 0) is 9.53 Å². The highest BCUT2D eigenvalue weighted by atomic mass is 16.5. The van der Waals surface area contributed by atoms with Crippen molar-refractivity contribution in [2.24, 2.45) is 29.1 Å². The van der Waals surface area contributed by atoms with Gasteiger partial charge in [-0.15, -0.1) is 0 Å². The number of fused-ring (bicyclic) bond motifs is 1. The molecule has 0 aromatic rings. The second-order valence-corrected chi connectivity index (χ2v) is 12.0. The van der Waals surface area contributed by atoms with Crippen LogP contribution in [0.1, 0.15) is 118 Å². The summed E-state index contributed by atoms with van der Waals surface area (Å²) in [5.41, 5.74) is 4.68. The molecule has 3 saturated carbocycles.